The Bertz CT molecular complexity index is 1250. The highest BCUT2D eigenvalue weighted by molar-refractivity contribution is 6.39. The summed E-state index contributed by atoms with van der Waals surface area (Å²) in [7, 11) is 0. The first-order valence-electron chi connectivity index (χ1n) is 13.3. The molecule has 9 nitrogen and oxygen atoms in total. The predicted molar refractivity (Wildman–Crippen MR) is 153 cm³/mol. The van der Waals surface area contributed by atoms with Crippen molar-refractivity contribution in [2.75, 3.05) is 24.7 Å². The van der Waals surface area contributed by atoms with Crippen LogP contribution in [-0.4, -0.2) is 65.5 Å². The van der Waals surface area contributed by atoms with E-state index in [0.29, 0.717) is 32.6 Å². The number of likely N-dealkylation sites (tertiary alicyclic amines) is 1. The van der Waals surface area contributed by atoms with Crippen LogP contribution in [0.15, 0.2) is 48.5 Å². The monoisotopic (exact) mass is 588 g/mol. The number of carbonyl (C=O) groups is 4. The first kappa shape index (κ1) is 29.7. The smallest absolute Gasteiger partial charge is 0.329 e. The molecule has 2 aromatic carbocycles. The molecular formula is C29H34Cl2N4O5. The molecule has 2 saturated heterocycles. The van der Waals surface area contributed by atoms with Crippen molar-refractivity contribution in [2.24, 2.45) is 0 Å². The van der Waals surface area contributed by atoms with Gasteiger partial charge in [-0.2, -0.15) is 0 Å². The number of piperidine rings is 1. The van der Waals surface area contributed by atoms with E-state index in [1.807, 2.05) is 30.3 Å². The lowest BCUT2D eigenvalue weighted by Gasteiger charge is -2.43. The number of benzene rings is 2. The fraction of sp³-hybridized carbons (Fsp3) is 0.448. The summed E-state index contributed by atoms with van der Waals surface area (Å²) in [4.78, 5) is 55.9. The molecule has 2 N–H and O–H groups in total. The minimum Gasteiger partial charge on any atom is -0.458 e. The van der Waals surface area contributed by atoms with Gasteiger partial charge >= 0.3 is 5.97 Å². The van der Waals surface area contributed by atoms with E-state index in [2.05, 4.69) is 15.5 Å². The van der Waals surface area contributed by atoms with Crippen LogP contribution in [0, 0.1) is 0 Å². The van der Waals surface area contributed by atoms with E-state index in [-0.39, 0.29) is 40.3 Å². The van der Waals surface area contributed by atoms with Crippen molar-refractivity contribution in [3.05, 3.63) is 64.1 Å². The van der Waals surface area contributed by atoms with Crippen molar-refractivity contribution >= 4 is 52.6 Å². The van der Waals surface area contributed by atoms with Crippen molar-refractivity contribution < 1.29 is 23.9 Å². The van der Waals surface area contributed by atoms with E-state index in [9.17, 15) is 19.2 Å². The molecule has 2 heterocycles. The van der Waals surface area contributed by atoms with Gasteiger partial charge in [-0.05, 0) is 64.3 Å². The first-order valence-corrected chi connectivity index (χ1v) is 14.0. The molecule has 0 aromatic heterocycles. The molecule has 0 aliphatic carbocycles. The Morgan fingerprint density at radius 3 is 2.25 bits per heavy atom. The molecule has 1 atom stereocenters. The van der Waals surface area contributed by atoms with Gasteiger partial charge in [0, 0.05) is 25.2 Å². The van der Waals surface area contributed by atoms with E-state index in [4.69, 9.17) is 27.9 Å². The summed E-state index contributed by atoms with van der Waals surface area (Å²) >= 11 is 12.4. The average Bonchev–Trinajstić information content (AvgIpc) is 3.21. The van der Waals surface area contributed by atoms with E-state index >= 15 is 0 Å². The number of hydrogen-bond acceptors (Lipinski definition) is 6. The van der Waals surface area contributed by atoms with Gasteiger partial charge in [0.25, 0.3) is 5.91 Å². The lowest BCUT2D eigenvalue weighted by molar-refractivity contribution is -0.157. The summed E-state index contributed by atoms with van der Waals surface area (Å²) in [6.45, 7) is 6.38. The molecule has 40 heavy (non-hydrogen) atoms. The number of nitrogens with zero attached hydrogens (tertiary/aromatic N) is 2. The minimum absolute atomic E-state index is 0.00202. The number of anilines is 1. The van der Waals surface area contributed by atoms with Crippen LogP contribution >= 0.6 is 23.2 Å². The molecule has 1 spiro atoms. The molecule has 2 aliphatic heterocycles. The number of halogens is 2. The van der Waals surface area contributed by atoms with Gasteiger partial charge in [0.05, 0.1) is 22.3 Å². The zero-order chi connectivity index (χ0) is 29.1. The molecule has 2 fully saturated rings. The summed E-state index contributed by atoms with van der Waals surface area (Å²) in [6.07, 6.45) is 0.995. The minimum atomic E-state index is -1.09. The molecule has 0 unspecified atom stereocenters. The highest BCUT2D eigenvalue weighted by Crippen LogP contribution is 2.36. The van der Waals surface area contributed by atoms with Crippen LogP contribution in [-0.2, 0) is 19.1 Å². The van der Waals surface area contributed by atoms with Crippen LogP contribution in [0.3, 0.4) is 0 Å². The lowest BCUT2D eigenvalue weighted by Crippen LogP contribution is -2.57. The number of rotatable bonds is 7. The molecule has 11 heteroatoms. The number of ether oxygens (including phenoxy) is 1. The standard InChI is InChI=1S/C29H34Cl2N4O5/c1-28(2,3)40-26(38)22(33-25(37)24-20(30)10-7-11-21(24)31)12-13-23(36)34-16-14-29(15-17-34)27(39)32-18-35(29)19-8-5-4-6-9-19/h4-11,22H,12-18H2,1-3H3,(H,32,39)(H,33,37)/t22-/m0/s1. The first-order chi connectivity index (χ1) is 18.9. The second kappa shape index (κ2) is 12.1. The normalized spacial score (nSPS) is 17.4. The average molecular weight is 590 g/mol. The largest absolute Gasteiger partial charge is 0.458 e. The Labute approximate surface area is 244 Å². The molecule has 0 saturated carbocycles. The quantitative estimate of drug-likeness (QED) is 0.470. The third-order valence-corrected chi connectivity index (χ3v) is 7.81. The molecule has 4 rings (SSSR count). The number of para-hydroxylation sites is 1. The van der Waals surface area contributed by atoms with Crippen molar-refractivity contribution in [3.63, 3.8) is 0 Å². The maximum absolute atomic E-state index is 13.2. The third-order valence-electron chi connectivity index (χ3n) is 7.18. The summed E-state index contributed by atoms with van der Waals surface area (Å²) < 4.78 is 5.51. The molecular weight excluding hydrogens is 555 g/mol. The zero-order valence-electron chi connectivity index (χ0n) is 22.8. The highest BCUT2D eigenvalue weighted by Gasteiger charge is 2.50. The second-order valence-electron chi connectivity index (χ2n) is 11.0. The third kappa shape index (κ3) is 6.53. The second-order valence-corrected chi connectivity index (χ2v) is 11.8. The summed E-state index contributed by atoms with van der Waals surface area (Å²) in [5, 5.41) is 5.90. The number of amides is 3. The van der Waals surface area contributed by atoms with Crippen molar-refractivity contribution in [1.29, 1.82) is 0 Å². The van der Waals surface area contributed by atoms with Crippen LogP contribution in [0.25, 0.3) is 0 Å². The molecule has 2 aromatic rings. The molecule has 2 aliphatic rings. The fourth-order valence-corrected chi connectivity index (χ4v) is 5.72. The lowest BCUT2D eigenvalue weighted by atomic mass is 9.85. The van der Waals surface area contributed by atoms with Gasteiger partial charge in [-0.15, -0.1) is 0 Å². The number of hydrogen-bond donors (Lipinski definition) is 2. The Morgan fingerprint density at radius 1 is 1.02 bits per heavy atom. The Hall–Kier alpha value is -3.30. The van der Waals surface area contributed by atoms with E-state index in [1.165, 1.54) is 12.1 Å². The Morgan fingerprint density at radius 2 is 1.65 bits per heavy atom. The number of carbonyl (C=O) groups excluding carboxylic acids is 4. The Kier molecular flexibility index (Phi) is 8.95. The van der Waals surface area contributed by atoms with Crippen molar-refractivity contribution in [2.45, 2.75) is 63.6 Å². The molecule has 3 amide bonds. The Balaban J connectivity index is 1.41. The summed E-state index contributed by atoms with van der Waals surface area (Å²) in [6, 6.07) is 13.3. The topological polar surface area (TPSA) is 108 Å². The van der Waals surface area contributed by atoms with Gasteiger partial charge in [-0.1, -0.05) is 47.5 Å². The molecule has 0 bridgehead atoms. The molecule has 0 radical (unpaired) electrons. The van der Waals surface area contributed by atoms with E-state index in [0.717, 1.165) is 5.69 Å². The maximum Gasteiger partial charge on any atom is 0.329 e. The predicted octanol–water partition coefficient (Wildman–Crippen LogP) is 4.17. The van der Waals surface area contributed by atoms with Gasteiger partial charge in [-0.25, -0.2) is 4.79 Å². The van der Waals surface area contributed by atoms with Gasteiger partial charge in [0.1, 0.15) is 17.2 Å². The van der Waals surface area contributed by atoms with Gasteiger partial charge in [0.15, 0.2) is 0 Å². The summed E-state index contributed by atoms with van der Waals surface area (Å²) in [5.41, 5.74) is -0.501. The van der Waals surface area contributed by atoms with Crippen molar-refractivity contribution in [1.82, 2.24) is 15.5 Å². The van der Waals surface area contributed by atoms with Gasteiger partial charge in [0.2, 0.25) is 11.8 Å². The van der Waals surface area contributed by atoms with Crippen molar-refractivity contribution in [3.8, 4) is 0 Å². The molecule has 214 valence electrons. The summed E-state index contributed by atoms with van der Waals surface area (Å²) in [5.74, 6) is -1.49. The van der Waals surface area contributed by atoms with Crippen LogP contribution in [0.1, 0.15) is 56.8 Å². The fourth-order valence-electron chi connectivity index (χ4n) is 5.15. The van der Waals surface area contributed by atoms with Crippen LogP contribution in [0.2, 0.25) is 10.0 Å². The van der Waals surface area contributed by atoms with Gasteiger partial charge < -0.3 is 25.2 Å². The van der Waals surface area contributed by atoms with E-state index in [1.54, 1.807) is 31.7 Å². The van der Waals surface area contributed by atoms with Crippen LogP contribution in [0.4, 0.5) is 5.69 Å². The zero-order valence-corrected chi connectivity index (χ0v) is 24.3. The van der Waals surface area contributed by atoms with Crippen LogP contribution < -0.4 is 15.5 Å². The number of nitrogens with one attached hydrogen (secondary N) is 2. The van der Waals surface area contributed by atoms with Crippen LogP contribution in [0.5, 0.6) is 0 Å². The van der Waals surface area contributed by atoms with Gasteiger partial charge in [-0.3, -0.25) is 14.4 Å². The maximum atomic E-state index is 13.2. The van der Waals surface area contributed by atoms with E-state index < -0.39 is 29.1 Å². The SMILES string of the molecule is CC(C)(C)OC(=O)[C@H](CCC(=O)N1CCC2(CC1)C(=O)NCN2c1ccccc1)NC(=O)c1c(Cl)cccc1Cl. The highest BCUT2D eigenvalue weighted by atomic mass is 35.5. The number of esters is 1.